The Balaban J connectivity index is 1.81. The Labute approximate surface area is 148 Å². The van der Waals surface area contributed by atoms with Crippen LogP contribution < -0.4 is 0 Å². The molecule has 3 aliphatic heterocycles. The number of rotatable bonds is 2. The summed E-state index contributed by atoms with van der Waals surface area (Å²) in [5, 5.41) is 1.28. The van der Waals surface area contributed by atoms with E-state index in [4.69, 9.17) is 4.74 Å². The van der Waals surface area contributed by atoms with E-state index < -0.39 is 5.41 Å². The molecular formula is C21H26N2O2. The summed E-state index contributed by atoms with van der Waals surface area (Å²) in [5.41, 5.74) is 3.11. The van der Waals surface area contributed by atoms with Crippen LogP contribution in [-0.4, -0.2) is 42.1 Å². The molecule has 1 aromatic heterocycles. The fourth-order valence-electron chi connectivity index (χ4n) is 6.27. The van der Waals surface area contributed by atoms with Crippen molar-refractivity contribution >= 4 is 16.9 Å². The van der Waals surface area contributed by atoms with Crippen molar-refractivity contribution < 1.29 is 9.53 Å². The molecule has 3 fully saturated rings. The van der Waals surface area contributed by atoms with Gasteiger partial charge in [0.1, 0.15) is 5.41 Å². The van der Waals surface area contributed by atoms with E-state index in [0.717, 1.165) is 43.6 Å². The van der Waals surface area contributed by atoms with Crippen LogP contribution in [0.3, 0.4) is 0 Å². The molecule has 0 radical (unpaired) electrons. The first-order chi connectivity index (χ1) is 12.2. The Morgan fingerprint density at radius 2 is 2.24 bits per heavy atom. The van der Waals surface area contributed by atoms with Gasteiger partial charge in [-0.25, -0.2) is 0 Å². The van der Waals surface area contributed by atoms with Gasteiger partial charge in [0, 0.05) is 35.7 Å². The van der Waals surface area contributed by atoms with Gasteiger partial charge in [0.15, 0.2) is 0 Å². The van der Waals surface area contributed by atoms with Crippen LogP contribution in [0.15, 0.2) is 24.3 Å². The molecule has 6 rings (SSSR count). The molecular weight excluding hydrogens is 312 g/mol. The Kier molecular flexibility index (Phi) is 3.30. The Morgan fingerprint density at radius 3 is 3.04 bits per heavy atom. The summed E-state index contributed by atoms with van der Waals surface area (Å²) in [6.45, 7) is 4.46. The molecule has 4 nitrogen and oxygen atoms in total. The number of para-hydroxylation sites is 1. The summed E-state index contributed by atoms with van der Waals surface area (Å²) in [6.07, 6.45) is 4.33. The molecule has 1 aromatic carbocycles. The van der Waals surface area contributed by atoms with Crippen molar-refractivity contribution in [2.45, 2.75) is 44.1 Å². The molecule has 132 valence electrons. The summed E-state index contributed by atoms with van der Waals surface area (Å²) in [4.78, 5) is 19.5. The number of H-pyrrole nitrogens is 1. The van der Waals surface area contributed by atoms with E-state index in [1.807, 2.05) is 0 Å². The highest BCUT2D eigenvalue weighted by molar-refractivity contribution is 5.91. The van der Waals surface area contributed by atoms with Crippen molar-refractivity contribution in [3.8, 4) is 0 Å². The zero-order chi connectivity index (χ0) is 17.2. The topological polar surface area (TPSA) is 45.3 Å². The number of hydrogen-bond acceptors (Lipinski definition) is 3. The summed E-state index contributed by atoms with van der Waals surface area (Å²) in [5.74, 6) is 1.12. The monoisotopic (exact) mass is 338 g/mol. The molecule has 5 atom stereocenters. The molecule has 25 heavy (non-hydrogen) atoms. The van der Waals surface area contributed by atoms with Crippen LogP contribution in [0.5, 0.6) is 0 Å². The number of esters is 1. The molecule has 0 spiro atoms. The molecule has 4 unspecified atom stereocenters. The number of ether oxygens (including phenoxy) is 1. The predicted octanol–water partition coefficient (Wildman–Crippen LogP) is 3.26. The van der Waals surface area contributed by atoms with Crippen molar-refractivity contribution in [3.63, 3.8) is 0 Å². The number of carbonyl (C=O) groups is 1. The Bertz CT molecular complexity index is 842. The quantitative estimate of drug-likeness (QED) is 0.855. The van der Waals surface area contributed by atoms with Crippen LogP contribution in [0.25, 0.3) is 10.9 Å². The van der Waals surface area contributed by atoms with Crippen molar-refractivity contribution in [2.75, 3.05) is 20.2 Å². The minimum atomic E-state index is -0.526. The average molecular weight is 338 g/mol. The van der Waals surface area contributed by atoms with Gasteiger partial charge in [-0.15, -0.1) is 0 Å². The first-order valence-corrected chi connectivity index (χ1v) is 9.61. The predicted molar refractivity (Wildman–Crippen MR) is 97.6 cm³/mol. The fraction of sp³-hybridized carbons (Fsp3) is 0.571. The van der Waals surface area contributed by atoms with Gasteiger partial charge in [0.25, 0.3) is 0 Å². The van der Waals surface area contributed by atoms with Crippen LogP contribution >= 0.6 is 0 Å². The van der Waals surface area contributed by atoms with Crippen LogP contribution in [0, 0.1) is 11.8 Å². The van der Waals surface area contributed by atoms with Gasteiger partial charge >= 0.3 is 5.97 Å². The second-order valence-electron chi connectivity index (χ2n) is 8.15. The van der Waals surface area contributed by atoms with Crippen LogP contribution in [-0.2, 0) is 21.4 Å². The van der Waals surface area contributed by atoms with Crippen molar-refractivity contribution in [2.24, 2.45) is 11.8 Å². The Morgan fingerprint density at radius 1 is 1.40 bits per heavy atom. The zero-order valence-corrected chi connectivity index (χ0v) is 15.0. The molecule has 2 saturated heterocycles. The number of carbonyl (C=O) groups excluding carboxylic acids is 1. The first kappa shape index (κ1) is 15.4. The van der Waals surface area contributed by atoms with Crippen LogP contribution in [0.4, 0.5) is 0 Å². The highest BCUT2D eigenvalue weighted by atomic mass is 16.5. The molecule has 4 heterocycles. The van der Waals surface area contributed by atoms with E-state index in [2.05, 4.69) is 41.1 Å². The second kappa shape index (κ2) is 5.34. The maximum Gasteiger partial charge on any atom is 0.319 e. The molecule has 4 bridgehead atoms. The molecule has 2 aromatic rings. The van der Waals surface area contributed by atoms with Gasteiger partial charge in [-0.3, -0.25) is 9.69 Å². The molecule has 4 heteroatoms. The lowest BCUT2D eigenvalue weighted by molar-refractivity contribution is -0.162. The highest BCUT2D eigenvalue weighted by Gasteiger charge is 2.62. The van der Waals surface area contributed by atoms with Crippen molar-refractivity contribution in [1.29, 1.82) is 0 Å². The normalized spacial score (nSPS) is 36.1. The maximum atomic E-state index is 13.3. The number of aromatic amines is 1. The van der Waals surface area contributed by atoms with E-state index in [-0.39, 0.29) is 12.0 Å². The lowest BCUT2D eigenvalue weighted by Gasteiger charge is -2.57. The number of methoxy groups -OCH3 is 1. The van der Waals surface area contributed by atoms with Gasteiger partial charge in [0.05, 0.1) is 7.11 Å². The lowest BCUT2D eigenvalue weighted by atomic mass is 9.56. The lowest BCUT2D eigenvalue weighted by Crippen LogP contribution is -2.67. The summed E-state index contributed by atoms with van der Waals surface area (Å²) in [6, 6.07) is 8.75. The average Bonchev–Trinajstić information content (AvgIpc) is 3.00. The number of nitrogens with zero attached hydrogens (tertiary/aromatic N) is 1. The molecule has 0 amide bonds. The van der Waals surface area contributed by atoms with Crippen LogP contribution in [0.1, 0.15) is 37.4 Å². The fourth-order valence-corrected chi connectivity index (χ4v) is 6.27. The molecule has 1 aliphatic carbocycles. The number of aromatic nitrogens is 1. The van der Waals surface area contributed by atoms with Gasteiger partial charge in [-0.05, 0) is 42.7 Å². The van der Waals surface area contributed by atoms with Crippen molar-refractivity contribution in [3.05, 3.63) is 35.5 Å². The third kappa shape index (κ3) is 1.89. The van der Waals surface area contributed by atoms with E-state index in [1.54, 1.807) is 7.11 Å². The SMILES string of the molecule is CCC1CC2CN3CCc4c([nH]c5ccccc45)[C@](C(=O)OC)(C2)C13. The van der Waals surface area contributed by atoms with Crippen LogP contribution in [0.2, 0.25) is 0 Å². The maximum absolute atomic E-state index is 13.3. The minimum absolute atomic E-state index is 0.0416. The van der Waals surface area contributed by atoms with E-state index in [9.17, 15) is 4.79 Å². The number of piperidine rings is 2. The van der Waals surface area contributed by atoms with Crippen molar-refractivity contribution in [1.82, 2.24) is 9.88 Å². The number of fused-ring (bicyclic) bond motifs is 4. The summed E-state index contributed by atoms with van der Waals surface area (Å²) in [7, 11) is 1.55. The summed E-state index contributed by atoms with van der Waals surface area (Å²) >= 11 is 0. The third-order valence-electron chi connectivity index (χ3n) is 7.07. The third-order valence-corrected chi connectivity index (χ3v) is 7.07. The molecule has 1 saturated carbocycles. The smallest absolute Gasteiger partial charge is 0.319 e. The minimum Gasteiger partial charge on any atom is -0.468 e. The number of nitrogens with one attached hydrogen (secondary N) is 1. The van der Waals surface area contributed by atoms with Gasteiger partial charge in [-0.1, -0.05) is 31.5 Å². The van der Waals surface area contributed by atoms with E-state index >= 15 is 0 Å². The van der Waals surface area contributed by atoms with Gasteiger partial charge in [0.2, 0.25) is 0 Å². The standard InChI is InChI=1S/C21H26N2O2/c1-3-14-10-13-11-21(20(24)25-2)18-16(8-9-23(12-13)19(14)21)15-6-4-5-7-17(15)22-18/h4-7,13-14,19,22H,3,8-12H2,1-2H3/t13?,14?,19?,21-/m1/s1. The first-order valence-electron chi connectivity index (χ1n) is 9.61. The largest absolute Gasteiger partial charge is 0.468 e. The van der Waals surface area contributed by atoms with Gasteiger partial charge < -0.3 is 9.72 Å². The summed E-state index contributed by atoms with van der Waals surface area (Å²) < 4.78 is 5.43. The number of hydrogen-bond donors (Lipinski definition) is 1. The Hall–Kier alpha value is -1.81. The molecule has 1 N–H and O–H groups in total. The van der Waals surface area contributed by atoms with E-state index in [0.29, 0.717) is 11.8 Å². The molecule has 4 aliphatic rings. The van der Waals surface area contributed by atoms with Gasteiger partial charge in [-0.2, -0.15) is 0 Å². The highest BCUT2D eigenvalue weighted by Crippen LogP contribution is 2.55. The number of benzene rings is 1. The van der Waals surface area contributed by atoms with E-state index in [1.165, 1.54) is 17.4 Å². The second-order valence-corrected chi connectivity index (χ2v) is 8.15. The zero-order valence-electron chi connectivity index (χ0n) is 15.0.